The molecule has 1 amide bonds. The molecule has 0 bridgehead atoms. The number of aromatic nitrogens is 1. The molecule has 0 atom stereocenters. The van der Waals surface area contributed by atoms with E-state index in [-0.39, 0.29) is 5.91 Å². The number of aryl methyl sites for hydroxylation is 1. The predicted octanol–water partition coefficient (Wildman–Crippen LogP) is 3.89. The molecule has 1 aliphatic carbocycles. The summed E-state index contributed by atoms with van der Waals surface area (Å²) < 4.78 is 0. The van der Waals surface area contributed by atoms with Gasteiger partial charge in [0, 0.05) is 17.9 Å². The van der Waals surface area contributed by atoms with Crippen LogP contribution in [0.2, 0.25) is 0 Å². The van der Waals surface area contributed by atoms with E-state index in [1.807, 2.05) is 32.6 Å². The Bertz CT molecular complexity index is 688. The summed E-state index contributed by atoms with van der Waals surface area (Å²) >= 11 is 1.37. The Balaban J connectivity index is 2.14. The third-order valence-electron chi connectivity index (χ3n) is 4.39. The minimum absolute atomic E-state index is 0.0900. The number of hydrogen-bond acceptors (Lipinski definition) is 4. The van der Waals surface area contributed by atoms with Crippen molar-refractivity contribution in [3.8, 4) is 6.07 Å². The maximum absolute atomic E-state index is 12.5. The molecule has 0 fully saturated rings. The molecule has 0 radical (unpaired) electrons. The van der Waals surface area contributed by atoms with E-state index in [9.17, 15) is 10.1 Å². The second-order valence-corrected chi connectivity index (χ2v) is 6.72. The maximum atomic E-state index is 12.5. The van der Waals surface area contributed by atoms with E-state index in [2.05, 4.69) is 17.1 Å². The summed E-state index contributed by atoms with van der Waals surface area (Å²) in [5.74, 6) is 0.404. The van der Waals surface area contributed by atoms with Gasteiger partial charge in [-0.3, -0.25) is 4.79 Å². The van der Waals surface area contributed by atoms with Crippen molar-refractivity contribution in [2.45, 2.75) is 52.0 Å². The Morgan fingerprint density at radius 1 is 1.39 bits per heavy atom. The molecular formula is C18H23N3OS. The summed E-state index contributed by atoms with van der Waals surface area (Å²) in [4.78, 5) is 18.9. The van der Waals surface area contributed by atoms with Crippen molar-refractivity contribution < 1.29 is 4.79 Å². The molecule has 4 nitrogen and oxygen atoms in total. The van der Waals surface area contributed by atoms with Crippen LogP contribution in [0, 0.1) is 32.1 Å². The lowest BCUT2D eigenvalue weighted by Crippen LogP contribution is -2.31. The van der Waals surface area contributed by atoms with Gasteiger partial charge in [-0.25, -0.2) is 4.98 Å². The van der Waals surface area contributed by atoms with Crippen LogP contribution in [0.15, 0.2) is 16.8 Å². The fraction of sp³-hybridized carbons (Fsp3) is 0.500. The van der Waals surface area contributed by atoms with Crippen LogP contribution in [0.5, 0.6) is 0 Å². The van der Waals surface area contributed by atoms with Crippen LogP contribution in [0.4, 0.5) is 0 Å². The molecular weight excluding hydrogens is 306 g/mol. The number of carbonyl (C=O) groups is 1. The minimum Gasteiger partial charge on any atom is -0.316 e. The number of nitriles is 1. The van der Waals surface area contributed by atoms with E-state index in [4.69, 9.17) is 0 Å². The van der Waals surface area contributed by atoms with Crippen LogP contribution in [0.1, 0.15) is 48.6 Å². The van der Waals surface area contributed by atoms with Crippen molar-refractivity contribution in [3.05, 3.63) is 34.2 Å². The quantitative estimate of drug-likeness (QED) is 0.769. The Hall–Kier alpha value is -1.80. The van der Waals surface area contributed by atoms with Gasteiger partial charge in [-0.1, -0.05) is 17.8 Å². The number of nitrogens with zero attached hydrogens (tertiary/aromatic N) is 3. The van der Waals surface area contributed by atoms with E-state index >= 15 is 0 Å². The average molecular weight is 329 g/mol. The van der Waals surface area contributed by atoms with Crippen molar-refractivity contribution in [1.82, 2.24) is 9.88 Å². The summed E-state index contributed by atoms with van der Waals surface area (Å²) in [7, 11) is 0. The number of rotatable bonds is 5. The molecule has 1 aliphatic rings. The van der Waals surface area contributed by atoms with Gasteiger partial charge in [-0.2, -0.15) is 5.26 Å². The number of pyridine rings is 1. The van der Waals surface area contributed by atoms with E-state index in [0.29, 0.717) is 22.9 Å². The zero-order chi connectivity index (χ0) is 17.0. The molecule has 0 aliphatic heterocycles. The van der Waals surface area contributed by atoms with Crippen LogP contribution < -0.4 is 0 Å². The highest BCUT2D eigenvalue weighted by Crippen LogP contribution is 2.28. The van der Waals surface area contributed by atoms with Crippen LogP contribution in [0.3, 0.4) is 0 Å². The first kappa shape index (κ1) is 17.6. The summed E-state index contributed by atoms with van der Waals surface area (Å²) in [6.07, 6.45) is 5.32. The van der Waals surface area contributed by atoms with Gasteiger partial charge in [-0.15, -0.1) is 0 Å². The Morgan fingerprint density at radius 2 is 2.13 bits per heavy atom. The lowest BCUT2D eigenvalue weighted by molar-refractivity contribution is -0.126. The molecule has 0 N–H and O–H groups in total. The highest BCUT2D eigenvalue weighted by molar-refractivity contribution is 8.00. The molecule has 2 rings (SSSR count). The number of allylic oxidation sites excluding steroid dienone is 2. The third kappa shape index (κ3) is 3.76. The van der Waals surface area contributed by atoms with E-state index in [1.54, 1.807) is 0 Å². The predicted molar refractivity (Wildman–Crippen MR) is 93.2 cm³/mol. The van der Waals surface area contributed by atoms with E-state index in [1.165, 1.54) is 11.8 Å². The molecule has 1 heterocycles. The van der Waals surface area contributed by atoms with Gasteiger partial charge in [-0.05, 0) is 58.1 Å². The van der Waals surface area contributed by atoms with Crippen molar-refractivity contribution >= 4 is 17.7 Å². The van der Waals surface area contributed by atoms with Gasteiger partial charge in [0.25, 0.3) is 0 Å². The Labute approximate surface area is 142 Å². The van der Waals surface area contributed by atoms with E-state index in [0.717, 1.165) is 41.8 Å². The van der Waals surface area contributed by atoms with Gasteiger partial charge in [0.05, 0.1) is 11.3 Å². The summed E-state index contributed by atoms with van der Waals surface area (Å²) in [5.41, 5.74) is 4.66. The summed E-state index contributed by atoms with van der Waals surface area (Å²) in [5, 5.41) is 10.1. The second kappa shape index (κ2) is 7.65. The maximum Gasteiger partial charge on any atom is 0.237 e. The lowest BCUT2D eigenvalue weighted by atomic mass is 10.1. The van der Waals surface area contributed by atoms with Gasteiger partial charge >= 0.3 is 0 Å². The minimum atomic E-state index is 0.0900. The van der Waals surface area contributed by atoms with Crippen LogP contribution in [0.25, 0.3) is 0 Å². The molecule has 0 unspecified atom stereocenters. The molecule has 0 aromatic carbocycles. The standard InChI is InChI=1S/C18H23N3OS/c1-5-21(15-8-6-7-9-15)17(22)11-23-18-16(10-19)13(3)12(2)14(4)20-18/h8H,5-7,9,11H2,1-4H3. The summed E-state index contributed by atoms with van der Waals surface area (Å²) in [6.45, 7) is 8.55. The number of thioether (sulfide) groups is 1. The SMILES string of the molecule is CCN(C(=O)CSc1nc(C)c(C)c(C)c1C#N)C1=CCCC1. The molecule has 1 aromatic heterocycles. The van der Waals surface area contributed by atoms with Gasteiger partial charge in [0.15, 0.2) is 0 Å². The third-order valence-corrected chi connectivity index (χ3v) is 5.35. The zero-order valence-corrected chi connectivity index (χ0v) is 15.1. The van der Waals surface area contributed by atoms with Crippen LogP contribution in [-0.2, 0) is 4.79 Å². The normalized spacial score (nSPS) is 13.6. The number of hydrogen-bond donors (Lipinski definition) is 0. The second-order valence-electron chi connectivity index (χ2n) is 5.75. The molecule has 23 heavy (non-hydrogen) atoms. The highest BCUT2D eigenvalue weighted by atomic mass is 32.2. The van der Waals surface area contributed by atoms with Gasteiger partial charge in [0.2, 0.25) is 5.91 Å². The van der Waals surface area contributed by atoms with Crippen molar-refractivity contribution in [2.75, 3.05) is 12.3 Å². The highest BCUT2D eigenvalue weighted by Gasteiger charge is 2.20. The topological polar surface area (TPSA) is 57.0 Å². The van der Waals surface area contributed by atoms with Crippen molar-refractivity contribution in [1.29, 1.82) is 5.26 Å². The number of carbonyl (C=O) groups excluding carboxylic acids is 1. The smallest absolute Gasteiger partial charge is 0.237 e. The lowest BCUT2D eigenvalue weighted by Gasteiger charge is -2.22. The van der Waals surface area contributed by atoms with Gasteiger partial charge < -0.3 is 4.90 Å². The average Bonchev–Trinajstić information content (AvgIpc) is 3.05. The molecule has 122 valence electrons. The Morgan fingerprint density at radius 3 is 2.70 bits per heavy atom. The fourth-order valence-electron chi connectivity index (χ4n) is 2.79. The van der Waals surface area contributed by atoms with Crippen molar-refractivity contribution in [2.24, 2.45) is 0 Å². The van der Waals surface area contributed by atoms with Crippen molar-refractivity contribution in [3.63, 3.8) is 0 Å². The van der Waals surface area contributed by atoms with E-state index < -0.39 is 0 Å². The molecule has 1 aromatic rings. The molecule has 0 spiro atoms. The Kier molecular flexibility index (Phi) is 5.84. The fourth-order valence-corrected chi connectivity index (χ4v) is 3.75. The largest absolute Gasteiger partial charge is 0.316 e. The first-order chi connectivity index (χ1) is 11.0. The zero-order valence-electron chi connectivity index (χ0n) is 14.3. The molecule has 0 saturated heterocycles. The first-order valence-corrected chi connectivity index (χ1v) is 8.98. The first-order valence-electron chi connectivity index (χ1n) is 7.99. The van der Waals surface area contributed by atoms with Crippen LogP contribution >= 0.6 is 11.8 Å². The monoisotopic (exact) mass is 329 g/mol. The number of amides is 1. The molecule has 0 saturated carbocycles. The van der Waals surface area contributed by atoms with Crippen LogP contribution in [-0.4, -0.2) is 28.1 Å². The van der Waals surface area contributed by atoms with Gasteiger partial charge in [0.1, 0.15) is 11.1 Å². The molecule has 5 heteroatoms. The summed E-state index contributed by atoms with van der Waals surface area (Å²) in [6, 6.07) is 2.23.